The monoisotopic (exact) mass is 429 g/mol. The summed E-state index contributed by atoms with van der Waals surface area (Å²) in [5.41, 5.74) is 7.66. The number of aryl methyl sites for hydroxylation is 1. The summed E-state index contributed by atoms with van der Waals surface area (Å²) in [5, 5.41) is 0. The fourth-order valence-electron chi connectivity index (χ4n) is 4.38. The van der Waals surface area contributed by atoms with Gasteiger partial charge in [-0.25, -0.2) is 4.98 Å². The SMILES string of the molecule is COc1cc(/C=C2\CCCN(Cc3ccc(C(C)(C)C)cc3)C2)ccc1-n1cnc(C)c1. The number of piperidine rings is 1. The van der Waals surface area contributed by atoms with Crippen molar-refractivity contribution >= 4 is 6.08 Å². The summed E-state index contributed by atoms with van der Waals surface area (Å²) in [5.74, 6) is 0.864. The van der Waals surface area contributed by atoms with Crippen LogP contribution in [0, 0.1) is 6.92 Å². The van der Waals surface area contributed by atoms with Gasteiger partial charge in [0.1, 0.15) is 5.75 Å². The van der Waals surface area contributed by atoms with E-state index in [0.29, 0.717) is 0 Å². The lowest BCUT2D eigenvalue weighted by Crippen LogP contribution is -2.30. The Bertz CT molecular complexity index is 1090. The van der Waals surface area contributed by atoms with Crippen LogP contribution < -0.4 is 4.74 Å². The van der Waals surface area contributed by atoms with E-state index in [-0.39, 0.29) is 5.41 Å². The molecule has 1 aliphatic heterocycles. The van der Waals surface area contributed by atoms with Gasteiger partial charge in [-0.1, -0.05) is 62.8 Å². The lowest BCUT2D eigenvalue weighted by atomic mass is 9.86. The molecule has 2 aromatic carbocycles. The van der Waals surface area contributed by atoms with Crippen molar-refractivity contribution in [3.8, 4) is 11.4 Å². The van der Waals surface area contributed by atoms with Crippen molar-refractivity contribution < 1.29 is 4.74 Å². The largest absolute Gasteiger partial charge is 0.495 e. The topological polar surface area (TPSA) is 30.3 Å². The Kier molecular flexibility index (Phi) is 6.52. The molecule has 1 aliphatic rings. The van der Waals surface area contributed by atoms with Crippen LogP contribution in [0.3, 0.4) is 0 Å². The van der Waals surface area contributed by atoms with E-state index in [1.807, 2.05) is 24.0 Å². The van der Waals surface area contributed by atoms with Crippen molar-refractivity contribution in [2.75, 3.05) is 20.2 Å². The van der Waals surface area contributed by atoms with E-state index in [0.717, 1.165) is 43.2 Å². The Hall–Kier alpha value is -2.85. The quantitative estimate of drug-likeness (QED) is 0.486. The van der Waals surface area contributed by atoms with Gasteiger partial charge in [0.15, 0.2) is 0 Å². The molecule has 0 radical (unpaired) electrons. The highest BCUT2D eigenvalue weighted by molar-refractivity contribution is 5.60. The number of benzene rings is 2. The van der Waals surface area contributed by atoms with Crippen LogP contribution in [0.5, 0.6) is 5.75 Å². The number of ether oxygens (including phenoxy) is 1. The number of rotatable bonds is 5. The molecule has 168 valence electrons. The van der Waals surface area contributed by atoms with Crippen LogP contribution in [0.1, 0.15) is 56.0 Å². The first kappa shape index (κ1) is 22.3. The van der Waals surface area contributed by atoms with Crippen LogP contribution in [0.25, 0.3) is 11.8 Å². The minimum absolute atomic E-state index is 0.201. The van der Waals surface area contributed by atoms with Gasteiger partial charge in [-0.3, -0.25) is 4.90 Å². The van der Waals surface area contributed by atoms with Gasteiger partial charge in [0.25, 0.3) is 0 Å². The first-order chi connectivity index (χ1) is 15.3. The van der Waals surface area contributed by atoms with E-state index >= 15 is 0 Å². The van der Waals surface area contributed by atoms with Crippen LogP contribution in [-0.2, 0) is 12.0 Å². The molecule has 4 heteroatoms. The first-order valence-electron chi connectivity index (χ1n) is 11.5. The lowest BCUT2D eigenvalue weighted by Gasteiger charge is -2.29. The predicted octanol–water partition coefficient (Wildman–Crippen LogP) is 6.17. The molecule has 4 rings (SSSR count). The number of aromatic nitrogens is 2. The van der Waals surface area contributed by atoms with E-state index < -0.39 is 0 Å². The van der Waals surface area contributed by atoms with Gasteiger partial charge < -0.3 is 9.30 Å². The molecule has 0 atom stereocenters. The van der Waals surface area contributed by atoms with Crippen LogP contribution in [-0.4, -0.2) is 34.7 Å². The zero-order chi connectivity index (χ0) is 22.7. The fraction of sp³-hybridized carbons (Fsp3) is 0.393. The summed E-state index contributed by atoms with van der Waals surface area (Å²) in [4.78, 5) is 6.89. The third kappa shape index (κ3) is 5.31. The third-order valence-electron chi connectivity index (χ3n) is 6.19. The molecule has 32 heavy (non-hydrogen) atoms. The molecule has 0 N–H and O–H groups in total. The Morgan fingerprint density at radius 1 is 1.09 bits per heavy atom. The highest BCUT2D eigenvalue weighted by Gasteiger charge is 2.17. The summed E-state index contributed by atoms with van der Waals surface area (Å²) in [6.45, 7) is 12.0. The molecule has 0 amide bonds. The average Bonchev–Trinajstić information content (AvgIpc) is 3.20. The maximum Gasteiger partial charge on any atom is 0.143 e. The molecular weight excluding hydrogens is 394 g/mol. The first-order valence-corrected chi connectivity index (χ1v) is 11.5. The third-order valence-corrected chi connectivity index (χ3v) is 6.19. The maximum atomic E-state index is 5.68. The van der Waals surface area contributed by atoms with Crippen molar-refractivity contribution in [1.29, 1.82) is 0 Å². The molecule has 0 saturated carbocycles. The molecule has 0 spiro atoms. The normalized spacial score (nSPS) is 16.5. The van der Waals surface area contributed by atoms with E-state index in [9.17, 15) is 0 Å². The average molecular weight is 430 g/mol. The van der Waals surface area contributed by atoms with Gasteiger partial charge in [0.2, 0.25) is 0 Å². The second-order valence-electron chi connectivity index (χ2n) is 9.92. The van der Waals surface area contributed by atoms with Gasteiger partial charge in [-0.15, -0.1) is 0 Å². The van der Waals surface area contributed by atoms with Gasteiger partial charge in [0, 0.05) is 19.3 Å². The van der Waals surface area contributed by atoms with Gasteiger partial charge in [-0.05, 0) is 60.5 Å². The lowest BCUT2D eigenvalue weighted by molar-refractivity contribution is 0.259. The Balaban J connectivity index is 1.46. The van der Waals surface area contributed by atoms with Crippen LogP contribution in [0.4, 0.5) is 0 Å². The van der Waals surface area contributed by atoms with E-state index in [1.54, 1.807) is 7.11 Å². The highest BCUT2D eigenvalue weighted by atomic mass is 16.5. The minimum Gasteiger partial charge on any atom is -0.495 e. The summed E-state index contributed by atoms with van der Waals surface area (Å²) < 4.78 is 7.70. The van der Waals surface area contributed by atoms with Crippen LogP contribution in [0.2, 0.25) is 0 Å². The van der Waals surface area contributed by atoms with Crippen molar-refractivity contribution in [2.24, 2.45) is 0 Å². The van der Waals surface area contributed by atoms with Crippen LogP contribution in [0.15, 0.2) is 60.6 Å². The number of imidazole rings is 1. The van der Waals surface area contributed by atoms with Gasteiger partial charge in [-0.2, -0.15) is 0 Å². The number of nitrogens with zero attached hydrogens (tertiary/aromatic N) is 3. The van der Waals surface area contributed by atoms with Crippen molar-refractivity contribution in [3.05, 3.63) is 82.9 Å². The molecule has 1 fully saturated rings. The molecular formula is C28H35N3O. The molecule has 0 aliphatic carbocycles. The van der Waals surface area contributed by atoms with Crippen molar-refractivity contribution in [1.82, 2.24) is 14.5 Å². The molecule has 4 nitrogen and oxygen atoms in total. The number of likely N-dealkylation sites (tertiary alicyclic amines) is 1. The molecule has 2 heterocycles. The Morgan fingerprint density at radius 2 is 1.88 bits per heavy atom. The van der Waals surface area contributed by atoms with Crippen molar-refractivity contribution in [2.45, 2.75) is 52.5 Å². The van der Waals surface area contributed by atoms with E-state index in [4.69, 9.17) is 4.74 Å². The summed E-state index contributed by atoms with van der Waals surface area (Å²) >= 11 is 0. The van der Waals surface area contributed by atoms with E-state index in [1.165, 1.54) is 28.7 Å². The van der Waals surface area contributed by atoms with E-state index in [2.05, 4.69) is 79.2 Å². The number of hydrogen-bond donors (Lipinski definition) is 0. The zero-order valence-electron chi connectivity index (χ0n) is 20.1. The number of hydrogen-bond acceptors (Lipinski definition) is 3. The minimum atomic E-state index is 0.201. The molecule has 1 saturated heterocycles. The fourth-order valence-corrected chi connectivity index (χ4v) is 4.38. The maximum absolute atomic E-state index is 5.68. The predicted molar refractivity (Wildman–Crippen MR) is 132 cm³/mol. The second-order valence-corrected chi connectivity index (χ2v) is 9.92. The Morgan fingerprint density at radius 3 is 2.53 bits per heavy atom. The Labute approximate surface area is 192 Å². The summed E-state index contributed by atoms with van der Waals surface area (Å²) in [7, 11) is 1.73. The molecule has 0 unspecified atom stereocenters. The molecule has 3 aromatic rings. The zero-order valence-corrected chi connectivity index (χ0v) is 20.1. The standard InChI is InChI=1S/C28H35N3O/c1-21-17-31(20-29-21)26-13-10-23(16-27(26)32-5)15-24-7-6-14-30(19-24)18-22-8-11-25(12-9-22)28(2,3)4/h8-13,15-17,20H,6-7,14,18-19H2,1-5H3/b24-15+. The summed E-state index contributed by atoms with van der Waals surface area (Å²) in [6.07, 6.45) is 8.54. The van der Waals surface area contributed by atoms with Gasteiger partial charge in [0.05, 0.1) is 24.8 Å². The second kappa shape index (κ2) is 9.33. The molecule has 0 bridgehead atoms. The van der Waals surface area contributed by atoms with Crippen LogP contribution >= 0.6 is 0 Å². The highest BCUT2D eigenvalue weighted by Crippen LogP contribution is 2.28. The molecule has 1 aromatic heterocycles. The van der Waals surface area contributed by atoms with Crippen molar-refractivity contribution in [3.63, 3.8) is 0 Å². The van der Waals surface area contributed by atoms with Gasteiger partial charge >= 0.3 is 0 Å². The summed E-state index contributed by atoms with van der Waals surface area (Å²) in [6, 6.07) is 15.6. The smallest absolute Gasteiger partial charge is 0.143 e. The number of methoxy groups -OCH3 is 1.